The molecule has 2 aliphatic rings. The predicted molar refractivity (Wildman–Crippen MR) is 96.4 cm³/mol. The van der Waals surface area contributed by atoms with E-state index in [1.54, 1.807) is 0 Å². The molecule has 2 aromatic rings. The fraction of sp³-hybridized carbons (Fsp3) is 0.364. The van der Waals surface area contributed by atoms with Crippen LogP contribution in [0.25, 0.3) is 0 Å². The first-order chi connectivity index (χ1) is 11.3. The Morgan fingerprint density at radius 1 is 0.913 bits per heavy atom. The van der Waals surface area contributed by atoms with Crippen molar-refractivity contribution in [2.24, 2.45) is 0 Å². The largest absolute Gasteiger partial charge is 0.369 e. The molecule has 2 fully saturated rings. The highest BCUT2D eigenvalue weighted by Crippen LogP contribution is 2.52. The van der Waals surface area contributed by atoms with E-state index >= 15 is 0 Å². The minimum atomic E-state index is 0.564. The Hall–Kier alpha value is -2.02. The van der Waals surface area contributed by atoms with Crippen molar-refractivity contribution < 1.29 is 0 Å². The number of piperidine rings is 1. The van der Waals surface area contributed by atoms with Crippen LogP contribution in [-0.4, -0.2) is 17.0 Å². The van der Waals surface area contributed by atoms with E-state index in [0.717, 1.165) is 0 Å². The Morgan fingerprint density at radius 3 is 2.13 bits per heavy atom. The van der Waals surface area contributed by atoms with Crippen LogP contribution in [0.1, 0.15) is 49.1 Å². The quantitative estimate of drug-likeness (QED) is 0.741. The summed E-state index contributed by atoms with van der Waals surface area (Å²) in [6, 6.07) is 23.5. The molecule has 2 bridgehead atoms. The molecule has 0 spiro atoms. The second-order valence-corrected chi connectivity index (χ2v) is 7.13. The lowest BCUT2D eigenvalue weighted by molar-refractivity contribution is 0.146. The fourth-order valence-corrected chi connectivity index (χ4v) is 4.97. The molecule has 0 radical (unpaired) electrons. The zero-order valence-electron chi connectivity index (χ0n) is 13.9. The first-order valence-electron chi connectivity index (χ1n) is 8.79. The molecule has 0 aromatic heterocycles. The van der Waals surface area contributed by atoms with Crippen molar-refractivity contribution in [2.75, 3.05) is 0 Å². The summed E-state index contributed by atoms with van der Waals surface area (Å²) in [7, 11) is 0. The van der Waals surface area contributed by atoms with Crippen LogP contribution in [0.3, 0.4) is 0 Å². The third kappa shape index (κ3) is 2.49. The summed E-state index contributed by atoms with van der Waals surface area (Å²) in [6.07, 6.45) is 3.84. The molecule has 1 heteroatoms. The molecule has 0 saturated carbocycles. The van der Waals surface area contributed by atoms with Crippen LogP contribution in [0, 0.1) is 0 Å². The van der Waals surface area contributed by atoms with E-state index in [1.807, 2.05) is 0 Å². The van der Waals surface area contributed by atoms with E-state index in [2.05, 4.69) is 79.1 Å². The van der Waals surface area contributed by atoms with Gasteiger partial charge in [-0.2, -0.15) is 0 Å². The number of benzene rings is 2. The molecule has 118 valence electrons. The molecular formula is C22H25N. The van der Waals surface area contributed by atoms with Gasteiger partial charge in [0.25, 0.3) is 0 Å². The van der Waals surface area contributed by atoms with Crippen LogP contribution in [0.5, 0.6) is 0 Å². The van der Waals surface area contributed by atoms with E-state index in [4.69, 9.17) is 0 Å². The highest BCUT2D eigenvalue weighted by atomic mass is 15.2. The van der Waals surface area contributed by atoms with Gasteiger partial charge in [-0.15, -0.1) is 0 Å². The van der Waals surface area contributed by atoms with Crippen LogP contribution >= 0.6 is 0 Å². The lowest BCUT2D eigenvalue weighted by Crippen LogP contribution is -2.45. The Kier molecular flexibility index (Phi) is 3.72. The molecular weight excluding hydrogens is 278 g/mol. The summed E-state index contributed by atoms with van der Waals surface area (Å²) < 4.78 is 0. The SMILES string of the molecule is C=C(C)N1C2CCC1C(c1ccccc1)C(c1ccccc1)C2. The Bertz CT molecular complexity index is 676. The van der Waals surface area contributed by atoms with Crippen LogP contribution < -0.4 is 0 Å². The van der Waals surface area contributed by atoms with Crippen molar-refractivity contribution in [1.29, 1.82) is 0 Å². The van der Waals surface area contributed by atoms with Gasteiger partial charge in [0.1, 0.15) is 0 Å². The monoisotopic (exact) mass is 303 g/mol. The number of fused-ring (bicyclic) bond motifs is 2. The van der Waals surface area contributed by atoms with Crippen LogP contribution in [0.4, 0.5) is 0 Å². The predicted octanol–water partition coefficient (Wildman–Crippen LogP) is 5.32. The summed E-state index contributed by atoms with van der Waals surface area (Å²) in [5.74, 6) is 1.18. The number of nitrogens with zero attached hydrogens (tertiary/aromatic N) is 1. The lowest BCUT2D eigenvalue weighted by atomic mass is 9.72. The van der Waals surface area contributed by atoms with Crippen molar-refractivity contribution in [2.45, 2.75) is 50.1 Å². The average Bonchev–Trinajstić information content (AvgIpc) is 2.91. The minimum absolute atomic E-state index is 0.564. The van der Waals surface area contributed by atoms with Gasteiger partial charge in [-0.1, -0.05) is 67.2 Å². The molecule has 4 atom stereocenters. The lowest BCUT2D eigenvalue weighted by Gasteiger charge is -2.47. The molecule has 0 N–H and O–H groups in total. The molecule has 0 amide bonds. The molecule has 4 unspecified atom stereocenters. The van der Waals surface area contributed by atoms with Crippen molar-refractivity contribution in [3.05, 3.63) is 84.1 Å². The topological polar surface area (TPSA) is 3.24 Å². The fourth-order valence-electron chi connectivity index (χ4n) is 4.97. The van der Waals surface area contributed by atoms with E-state index < -0.39 is 0 Å². The smallest absolute Gasteiger partial charge is 0.0364 e. The minimum Gasteiger partial charge on any atom is -0.369 e. The second kappa shape index (κ2) is 5.88. The maximum absolute atomic E-state index is 4.27. The second-order valence-electron chi connectivity index (χ2n) is 7.13. The Balaban J connectivity index is 1.79. The third-order valence-electron chi connectivity index (χ3n) is 5.77. The molecule has 1 nitrogen and oxygen atoms in total. The van der Waals surface area contributed by atoms with Gasteiger partial charge in [-0.05, 0) is 43.2 Å². The molecule has 23 heavy (non-hydrogen) atoms. The van der Waals surface area contributed by atoms with E-state index in [1.165, 1.54) is 36.1 Å². The van der Waals surface area contributed by atoms with E-state index in [-0.39, 0.29) is 0 Å². The van der Waals surface area contributed by atoms with Crippen molar-refractivity contribution in [3.8, 4) is 0 Å². The maximum atomic E-state index is 4.27. The van der Waals surface area contributed by atoms with Gasteiger partial charge < -0.3 is 4.90 Å². The molecule has 2 aliphatic heterocycles. The normalized spacial score (nSPS) is 29.5. The third-order valence-corrected chi connectivity index (χ3v) is 5.77. The van der Waals surface area contributed by atoms with Gasteiger partial charge in [0.05, 0.1) is 0 Å². The van der Waals surface area contributed by atoms with E-state index in [9.17, 15) is 0 Å². The summed E-state index contributed by atoms with van der Waals surface area (Å²) in [6.45, 7) is 6.45. The molecule has 2 heterocycles. The number of rotatable bonds is 3. The summed E-state index contributed by atoms with van der Waals surface area (Å²) in [5.41, 5.74) is 4.22. The van der Waals surface area contributed by atoms with Crippen LogP contribution in [0.2, 0.25) is 0 Å². The standard InChI is InChI=1S/C22H25N/c1-16(2)23-19-13-14-21(23)22(18-11-7-4-8-12-18)20(15-19)17-9-5-3-6-10-17/h3-12,19-22H,1,13-15H2,2H3. The van der Waals surface area contributed by atoms with E-state index in [0.29, 0.717) is 23.9 Å². The molecule has 4 rings (SSSR count). The number of hydrogen-bond donors (Lipinski definition) is 0. The number of allylic oxidation sites excluding steroid dienone is 1. The zero-order valence-corrected chi connectivity index (χ0v) is 13.9. The highest BCUT2D eigenvalue weighted by Gasteiger charge is 2.47. The van der Waals surface area contributed by atoms with Crippen molar-refractivity contribution >= 4 is 0 Å². The highest BCUT2D eigenvalue weighted by molar-refractivity contribution is 5.33. The molecule has 2 saturated heterocycles. The summed E-state index contributed by atoms with van der Waals surface area (Å²) in [5, 5.41) is 0. The van der Waals surface area contributed by atoms with Gasteiger partial charge in [0.15, 0.2) is 0 Å². The summed E-state index contributed by atoms with van der Waals surface area (Å²) >= 11 is 0. The average molecular weight is 303 g/mol. The van der Waals surface area contributed by atoms with Crippen molar-refractivity contribution in [1.82, 2.24) is 4.90 Å². The maximum Gasteiger partial charge on any atom is 0.0364 e. The molecule has 0 aliphatic carbocycles. The molecule has 2 aromatic carbocycles. The first kappa shape index (κ1) is 14.6. The Labute approximate surface area is 139 Å². The zero-order chi connectivity index (χ0) is 15.8. The van der Waals surface area contributed by atoms with Gasteiger partial charge >= 0.3 is 0 Å². The van der Waals surface area contributed by atoms with Crippen LogP contribution in [-0.2, 0) is 0 Å². The Morgan fingerprint density at radius 2 is 1.52 bits per heavy atom. The van der Waals surface area contributed by atoms with Crippen molar-refractivity contribution in [3.63, 3.8) is 0 Å². The van der Waals surface area contributed by atoms with Crippen LogP contribution in [0.15, 0.2) is 72.9 Å². The first-order valence-corrected chi connectivity index (χ1v) is 8.79. The van der Waals surface area contributed by atoms with Gasteiger partial charge in [0.2, 0.25) is 0 Å². The van der Waals surface area contributed by atoms with Gasteiger partial charge in [0, 0.05) is 23.7 Å². The summed E-state index contributed by atoms with van der Waals surface area (Å²) in [4.78, 5) is 2.62. The van der Waals surface area contributed by atoms with Gasteiger partial charge in [-0.25, -0.2) is 0 Å². The number of hydrogen-bond acceptors (Lipinski definition) is 1. The van der Waals surface area contributed by atoms with Gasteiger partial charge in [-0.3, -0.25) is 0 Å².